The minimum Gasteiger partial charge on any atom is -0.462 e. The summed E-state index contributed by atoms with van der Waals surface area (Å²) in [5.74, 6) is -0.849. The molecule has 0 fully saturated rings. The van der Waals surface area contributed by atoms with Gasteiger partial charge >= 0.3 is 17.9 Å². The first kappa shape index (κ1) is 79.6. The maximum atomic E-state index is 12.9. The first-order valence-electron chi connectivity index (χ1n) is 37.0. The van der Waals surface area contributed by atoms with Crippen LogP contribution in [0.3, 0.4) is 0 Å². The van der Waals surface area contributed by atoms with Crippen LogP contribution in [0.4, 0.5) is 0 Å². The number of esters is 3. The zero-order chi connectivity index (χ0) is 59.2. The minimum absolute atomic E-state index is 0.0687. The Balaban J connectivity index is 4.08. The average Bonchev–Trinajstić information content (AvgIpc) is 3.48. The van der Waals surface area contributed by atoms with Crippen molar-refractivity contribution in [3.63, 3.8) is 0 Å². The largest absolute Gasteiger partial charge is 0.462 e. The van der Waals surface area contributed by atoms with E-state index in [1.165, 1.54) is 295 Å². The zero-order valence-corrected chi connectivity index (χ0v) is 55.5. The van der Waals surface area contributed by atoms with E-state index in [4.69, 9.17) is 14.2 Å². The molecule has 1 atom stereocenters. The average molecular weight is 1150 g/mol. The van der Waals surface area contributed by atoms with E-state index >= 15 is 0 Å². The molecule has 0 spiro atoms. The summed E-state index contributed by atoms with van der Waals surface area (Å²) >= 11 is 0. The number of unbranched alkanes of at least 4 members (excludes halogenated alkanes) is 52. The van der Waals surface area contributed by atoms with Gasteiger partial charge in [-0.05, 0) is 70.6 Å². The SMILES string of the molecule is CCC/C=C\CCCCCCCC(=O)OCC(COC(=O)CCCCCCCCCCCCCCCCCCCCC/C=C\C/C=C\CCCCCCC)OC(=O)CCCCCCCCCCCCCCCCCCCCCCCCC. The van der Waals surface area contributed by atoms with Gasteiger partial charge in [0, 0.05) is 19.3 Å². The molecule has 0 saturated heterocycles. The smallest absolute Gasteiger partial charge is 0.306 e. The summed E-state index contributed by atoms with van der Waals surface area (Å²) in [6.07, 6.45) is 89.2. The summed E-state index contributed by atoms with van der Waals surface area (Å²) in [5.41, 5.74) is 0. The lowest BCUT2D eigenvalue weighted by Gasteiger charge is -2.18. The molecule has 0 aliphatic rings. The van der Waals surface area contributed by atoms with Gasteiger partial charge in [0.15, 0.2) is 6.10 Å². The topological polar surface area (TPSA) is 78.9 Å². The van der Waals surface area contributed by atoms with Crippen LogP contribution in [0.2, 0.25) is 0 Å². The maximum absolute atomic E-state index is 12.9. The van der Waals surface area contributed by atoms with Gasteiger partial charge in [0.25, 0.3) is 0 Å². The highest BCUT2D eigenvalue weighted by atomic mass is 16.6. The minimum atomic E-state index is -0.772. The van der Waals surface area contributed by atoms with E-state index in [1.807, 2.05) is 0 Å². The molecule has 6 nitrogen and oxygen atoms in total. The van der Waals surface area contributed by atoms with E-state index in [-0.39, 0.29) is 31.1 Å². The summed E-state index contributed by atoms with van der Waals surface area (Å²) in [5, 5.41) is 0. The fraction of sp³-hybridized carbons (Fsp3) is 0.882. The summed E-state index contributed by atoms with van der Waals surface area (Å²) in [6, 6.07) is 0. The molecule has 0 aromatic rings. The second kappa shape index (κ2) is 71.1. The lowest BCUT2D eigenvalue weighted by molar-refractivity contribution is -0.167. The number of allylic oxidation sites excluding steroid dienone is 6. The number of rotatable bonds is 69. The van der Waals surface area contributed by atoms with Crippen LogP contribution < -0.4 is 0 Å². The van der Waals surface area contributed by atoms with Gasteiger partial charge in [-0.3, -0.25) is 14.4 Å². The third-order valence-electron chi connectivity index (χ3n) is 16.8. The summed E-state index contributed by atoms with van der Waals surface area (Å²) in [6.45, 7) is 6.64. The van der Waals surface area contributed by atoms with Crippen molar-refractivity contribution in [2.45, 2.75) is 419 Å². The van der Waals surface area contributed by atoms with Crippen LogP contribution in [0.15, 0.2) is 36.5 Å². The summed E-state index contributed by atoms with van der Waals surface area (Å²) < 4.78 is 17.0. The van der Waals surface area contributed by atoms with Crippen LogP contribution >= 0.6 is 0 Å². The number of hydrogen-bond acceptors (Lipinski definition) is 6. The molecule has 0 heterocycles. The Labute approximate surface area is 512 Å². The molecule has 0 rings (SSSR count). The molecule has 0 radical (unpaired) electrons. The van der Waals surface area contributed by atoms with E-state index in [0.29, 0.717) is 19.3 Å². The van der Waals surface area contributed by atoms with Crippen molar-refractivity contribution in [2.24, 2.45) is 0 Å². The summed E-state index contributed by atoms with van der Waals surface area (Å²) in [4.78, 5) is 38.4. The van der Waals surface area contributed by atoms with Crippen LogP contribution in [0, 0.1) is 0 Å². The van der Waals surface area contributed by atoms with Crippen LogP contribution in [-0.2, 0) is 28.6 Å². The molecule has 0 saturated carbocycles. The normalized spacial score (nSPS) is 12.2. The molecule has 0 N–H and O–H groups in total. The number of ether oxygens (including phenoxy) is 3. The lowest BCUT2D eigenvalue weighted by atomic mass is 10.0. The third-order valence-corrected chi connectivity index (χ3v) is 16.8. The Kier molecular flexibility index (Phi) is 69.1. The second-order valence-electron chi connectivity index (χ2n) is 25.2. The van der Waals surface area contributed by atoms with Crippen molar-refractivity contribution in [3.8, 4) is 0 Å². The van der Waals surface area contributed by atoms with Crippen LogP contribution in [0.25, 0.3) is 0 Å². The highest BCUT2D eigenvalue weighted by Gasteiger charge is 2.19. The molecule has 0 aromatic carbocycles. The molecular formula is C76H142O6. The maximum Gasteiger partial charge on any atom is 0.306 e. The molecular weight excluding hydrogens is 1010 g/mol. The van der Waals surface area contributed by atoms with Crippen molar-refractivity contribution in [3.05, 3.63) is 36.5 Å². The van der Waals surface area contributed by atoms with Crippen molar-refractivity contribution in [1.82, 2.24) is 0 Å². The van der Waals surface area contributed by atoms with Gasteiger partial charge in [-0.2, -0.15) is 0 Å². The molecule has 0 aliphatic carbocycles. The Hall–Kier alpha value is -2.37. The van der Waals surface area contributed by atoms with E-state index in [9.17, 15) is 14.4 Å². The first-order valence-corrected chi connectivity index (χ1v) is 37.0. The van der Waals surface area contributed by atoms with E-state index in [0.717, 1.165) is 77.0 Å². The Morgan fingerprint density at radius 1 is 0.244 bits per heavy atom. The van der Waals surface area contributed by atoms with Gasteiger partial charge in [0.05, 0.1) is 0 Å². The zero-order valence-electron chi connectivity index (χ0n) is 55.5. The van der Waals surface area contributed by atoms with Gasteiger partial charge in [-0.15, -0.1) is 0 Å². The lowest BCUT2D eigenvalue weighted by Crippen LogP contribution is -2.30. The van der Waals surface area contributed by atoms with Crippen LogP contribution in [0.1, 0.15) is 412 Å². The van der Waals surface area contributed by atoms with Gasteiger partial charge in [0.1, 0.15) is 13.2 Å². The summed E-state index contributed by atoms with van der Waals surface area (Å²) in [7, 11) is 0. The van der Waals surface area contributed by atoms with Crippen LogP contribution in [0.5, 0.6) is 0 Å². The molecule has 6 heteroatoms. The standard InChI is InChI=1S/C76H142O6/c1-4-7-10-13-16-19-22-24-26-28-30-32-34-35-36-37-38-39-40-41-43-44-46-48-50-52-54-57-60-63-66-69-75(78)81-72-73(71-80-74(77)68-65-62-59-56-21-18-15-12-9-6-3)82-76(79)70-67-64-61-58-55-53-51-49-47-45-42-33-31-29-27-25-23-20-17-14-11-8-5-2/h12,15,22,24,28,30,73H,4-11,13-14,16-21,23,25-27,29,31-72H2,1-3H3/b15-12-,24-22-,30-28-. The van der Waals surface area contributed by atoms with Gasteiger partial charge in [0.2, 0.25) is 0 Å². The molecule has 0 bridgehead atoms. The van der Waals surface area contributed by atoms with Crippen molar-refractivity contribution in [2.75, 3.05) is 13.2 Å². The Morgan fingerprint density at radius 2 is 0.463 bits per heavy atom. The third kappa shape index (κ3) is 68.4. The molecule has 82 heavy (non-hydrogen) atoms. The van der Waals surface area contributed by atoms with Gasteiger partial charge < -0.3 is 14.2 Å². The fourth-order valence-electron chi connectivity index (χ4n) is 11.3. The molecule has 482 valence electrons. The van der Waals surface area contributed by atoms with Crippen LogP contribution in [-0.4, -0.2) is 37.2 Å². The molecule has 0 aliphatic heterocycles. The second-order valence-corrected chi connectivity index (χ2v) is 25.2. The van der Waals surface area contributed by atoms with Crippen molar-refractivity contribution in [1.29, 1.82) is 0 Å². The van der Waals surface area contributed by atoms with E-state index in [2.05, 4.69) is 57.2 Å². The van der Waals surface area contributed by atoms with Gasteiger partial charge in [-0.1, -0.05) is 359 Å². The number of carbonyl (C=O) groups excluding carboxylic acids is 3. The van der Waals surface area contributed by atoms with Gasteiger partial charge in [-0.25, -0.2) is 0 Å². The van der Waals surface area contributed by atoms with Crippen molar-refractivity contribution >= 4 is 17.9 Å². The number of hydrogen-bond donors (Lipinski definition) is 0. The number of carbonyl (C=O) groups is 3. The quantitative estimate of drug-likeness (QED) is 0.0261. The highest BCUT2D eigenvalue weighted by molar-refractivity contribution is 5.71. The predicted octanol–water partition coefficient (Wildman–Crippen LogP) is 25.5. The fourth-order valence-corrected chi connectivity index (χ4v) is 11.3. The molecule has 0 aromatic heterocycles. The highest BCUT2D eigenvalue weighted by Crippen LogP contribution is 2.19. The van der Waals surface area contributed by atoms with E-state index in [1.54, 1.807) is 0 Å². The predicted molar refractivity (Wildman–Crippen MR) is 358 cm³/mol. The van der Waals surface area contributed by atoms with E-state index < -0.39 is 6.10 Å². The monoisotopic (exact) mass is 1150 g/mol. The molecule has 1 unspecified atom stereocenters. The first-order chi connectivity index (χ1) is 40.5. The molecule has 0 amide bonds. The Bertz CT molecular complexity index is 1370. The van der Waals surface area contributed by atoms with Crippen molar-refractivity contribution < 1.29 is 28.6 Å². The Morgan fingerprint density at radius 3 is 0.732 bits per heavy atom.